The summed E-state index contributed by atoms with van der Waals surface area (Å²) < 4.78 is 16.6. The van der Waals surface area contributed by atoms with Crippen molar-refractivity contribution in [3.05, 3.63) is 42.1 Å². The highest BCUT2D eigenvalue weighted by Gasteiger charge is 2.14. The SMILES string of the molecule is CO[C@@H](C[S@](C)=O)c1ccc2ccccc2n1. The van der Waals surface area contributed by atoms with Gasteiger partial charge in [0.1, 0.15) is 6.10 Å². The highest BCUT2D eigenvalue weighted by atomic mass is 32.2. The lowest BCUT2D eigenvalue weighted by Crippen LogP contribution is -2.12. The number of rotatable bonds is 4. The van der Waals surface area contributed by atoms with E-state index in [2.05, 4.69) is 4.98 Å². The summed E-state index contributed by atoms with van der Waals surface area (Å²) in [4.78, 5) is 4.54. The van der Waals surface area contributed by atoms with E-state index < -0.39 is 10.8 Å². The lowest BCUT2D eigenvalue weighted by Gasteiger charge is -2.13. The molecule has 1 aromatic heterocycles. The van der Waals surface area contributed by atoms with Gasteiger partial charge in [-0.05, 0) is 12.1 Å². The summed E-state index contributed by atoms with van der Waals surface area (Å²) in [5, 5.41) is 1.10. The molecule has 3 nitrogen and oxygen atoms in total. The first kappa shape index (κ1) is 12.2. The van der Waals surface area contributed by atoms with E-state index >= 15 is 0 Å². The van der Waals surface area contributed by atoms with E-state index in [1.807, 2.05) is 36.4 Å². The number of para-hydroxylation sites is 1. The number of aromatic nitrogens is 1. The number of nitrogens with zero attached hydrogens (tertiary/aromatic N) is 1. The van der Waals surface area contributed by atoms with Crippen molar-refractivity contribution in [2.24, 2.45) is 0 Å². The molecule has 90 valence electrons. The van der Waals surface area contributed by atoms with Gasteiger partial charge in [0.15, 0.2) is 0 Å². The molecule has 0 aliphatic rings. The number of methoxy groups -OCH3 is 1. The Hall–Kier alpha value is -1.26. The second kappa shape index (κ2) is 5.38. The molecular weight excluding hydrogens is 234 g/mol. The van der Waals surface area contributed by atoms with Crippen LogP contribution in [0.4, 0.5) is 0 Å². The van der Waals surface area contributed by atoms with Crippen LogP contribution in [-0.4, -0.2) is 28.3 Å². The van der Waals surface area contributed by atoms with Crippen LogP contribution in [0.25, 0.3) is 10.9 Å². The molecule has 2 atom stereocenters. The predicted octanol–water partition coefficient (Wildman–Crippen LogP) is 2.30. The van der Waals surface area contributed by atoms with E-state index in [-0.39, 0.29) is 6.10 Å². The Morgan fingerprint density at radius 2 is 2.06 bits per heavy atom. The summed E-state index contributed by atoms with van der Waals surface area (Å²) in [5.74, 6) is 0.474. The molecule has 0 N–H and O–H groups in total. The molecule has 0 bridgehead atoms. The van der Waals surface area contributed by atoms with Gasteiger partial charge >= 0.3 is 0 Å². The van der Waals surface area contributed by atoms with E-state index in [1.165, 1.54) is 0 Å². The summed E-state index contributed by atoms with van der Waals surface area (Å²) >= 11 is 0. The van der Waals surface area contributed by atoms with Gasteiger partial charge in [-0.15, -0.1) is 0 Å². The van der Waals surface area contributed by atoms with Crippen LogP contribution in [0.1, 0.15) is 11.8 Å². The van der Waals surface area contributed by atoms with Gasteiger partial charge < -0.3 is 4.74 Å². The third-order valence-corrected chi connectivity index (χ3v) is 3.39. The van der Waals surface area contributed by atoms with Crippen molar-refractivity contribution in [3.8, 4) is 0 Å². The minimum atomic E-state index is -0.895. The van der Waals surface area contributed by atoms with Crippen molar-refractivity contribution in [3.63, 3.8) is 0 Å². The molecular formula is C13H15NO2S. The zero-order valence-corrected chi connectivity index (χ0v) is 10.7. The molecule has 1 aromatic carbocycles. The lowest BCUT2D eigenvalue weighted by molar-refractivity contribution is 0.119. The van der Waals surface area contributed by atoms with Gasteiger partial charge in [0.25, 0.3) is 0 Å². The quantitative estimate of drug-likeness (QED) is 0.834. The Morgan fingerprint density at radius 1 is 1.29 bits per heavy atom. The first-order valence-corrected chi connectivity index (χ1v) is 7.12. The van der Waals surface area contributed by atoms with E-state index in [9.17, 15) is 4.21 Å². The van der Waals surface area contributed by atoms with Crippen LogP contribution in [0.3, 0.4) is 0 Å². The molecule has 0 saturated heterocycles. The molecule has 0 unspecified atom stereocenters. The molecule has 17 heavy (non-hydrogen) atoms. The fourth-order valence-electron chi connectivity index (χ4n) is 1.75. The number of benzene rings is 1. The summed E-state index contributed by atoms with van der Waals surface area (Å²) in [6.45, 7) is 0. The molecule has 0 aliphatic heterocycles. The summed E-state index contributed by atoms with van der Waals surface area (Å²) in [7, 11) is 0.725. The Bertz CT molecular complexity index is 542. The van der Waals surface area contributed by atoms with Crippen LogP contribution in [-0.2, 0) is 15.5 Å². The molecule has 0 radical (unpaired) electrons. The number of fused-ring (bicyclic) bond motifs is 1. The summed E-state index contributed by atoms with van der Waals surface area (Å²) in [6.07, 6.45) is 1.47. The fourth-order valence-corrected chi connectivity index (χ4v) is 2.48. The van der Waals surface area contributed by atoms with Crippen molar-refractivity contribution in [2.45, 2.75) is 6.10 Å². The third-order valence-electron chi connectivity index (χ3n) is 2.62. The van der Waals surface area contributed by atoms with Crippen molar-refractivity contribution in [1.82, 2.24) is 4.98 Å². The summed E-state index contributed by atoms with van der Waals surface area (Å²) in [5.41, 5.74) is 1.77. The first-order valence-electron chi connectivity index (χ1n) is 5.39. The number of ether oxygens (including phenoxy) is 1. The van der Waals surface area contributed by atoms with Gasteiger partial charge in [0.05, 0.1) is 17.0 Å². The van der Waals surface area contributed by atoms with Crippen molar-refractivity contribution in [1.29, 1.82) is 0 Å². The standard InChI is InChI=1S/C13H15NO2S/c1-16-13(9-17(2)15)12-8-7-10-5-3-4-6-11(10)14-12/h3-8,13H,9H2,1-2H3/t13-,17-/m0/s1. The smallest absolute Gasteiger partial charge is 0.111 e. The molecule has 1 heterocycles. The van der Waals surface area contributed by atoms with Crippen molar-refractivity contribution in [2.75, 3.05) is 19.1 Å². The highest BCUT2D eigenvalue weighted by molar-refractivity contribution is 7.84. The van der Waals surface area contributed by atoms with Gasteiger partial charge in [-0.1, -0.05) is 24.3 Å². The zero-order chi connectivity index (χ0) is 12.3. The van der Waals surface area contributed by atoms with Crippen LogP contribution < -0.4 is 0 Å². The Kier molecular flexibility index (Phi) is 3.86. The molecule has 0 saturated carbocycles. The van der Waals surface area contributed by atoms with Crippen LogP contribution in [0, 0.1) is 0 Å². The maximum atomic E-state index is 11.3. The Labute approximate surface area is 103 Å². The van der Waals surface area contributed by atoms with Crippen LogP contribution in [0.5, 0.6) is 0 Å². The molecule has 0 amide bonds. The van der Waals surface area contributed by atoms with Crippen LogP contribution in [0.2, 0.25) is 0 Å². The molecule has 0 fully saturated rings. The van der Waals surface area contributed by atoms with Gasteiger partial charge in [0, 0.05) is 29.6 Å². The average molecular weight is 249 g/mol. The summed E-state index contributed by atoms with van der Waals surface area (Å²) in [6, 6.07) is 11.9. The fraction of sp³-hybridized carbons (Fsp3) is 0.308. The minimum absolute atomic E-state index is 0.203. The average Bonchev–Trinajstić information content (AvgIpc) is 2.35. The maximum Gasteiger partial charge on any atom is 0.111 e. The number of hydrogen-bond donors (Lipinski definition) is 0. The largest absolute Gasteiger partial charge is 0.374 e. The monoisotopic (exact) mass is 249 g/mol. The molecule has 0 aliphatic carbocycles. The first-order chi connectivity index (χ1) is 8.20. The number of hydrogen-bond acceptors (Lipinski definition) is 3. The highest BCUT2D eigenvalue weighted by Crippen LogP contribution is 2.19. The van der Waals surface area contributed by atoms with E-state index in [4.69, 9.17) is 4.74 Å². The van der Waals surface area contributed by atoms with Gasteiger partial charge in [-0.2, -0.15) is 0 Å². The third kappa shape index (κ3) is 2.90. The van der Waals surface area contributed by atoms with Crippen molar-refractivity contribution < 1.29 is 8.95 Å². The van der Waals surface area contributed by atoms with Gasteiger partial charge in [0.2, 0.25) is 0 Å². The second-order valence-corrected chi connectivity index (χ2v) is 5.37. The second-order valence-electron chi connectivity index (χ2n) is 3.89. The van der Waals surface area contributed by atoms with E-state index in [1.54, 1.807) is 13.4 Å². The molecule has 0 spiro atoms. The normalized spacial score (nSPS) is 14.7. The van der Waals surface area contributed by atoms with Gasteiger partial charge in [-0.25, -0.2) is 0 Å². The van der Waals surface area contributed by atoms with Crippen LogP contribution in [0.15, 0.2) is 36.4 Å². The lowest BCUT2D eigenvalue weighted by atomic mass is 10.1. The molecule has 2 aromatic rings. The molecule has 4 heteroatoms. The predicted molar refractivity (Wildman–Crippen MR) is 70.4 cm³/mol. The Balaban J connectivity index is 2.37. The minimum Gasteiger partial charge on any atom is -0.374 e. The molecule has 2 rings (SSSR count). The topological polar surface area (TPSA) is 39.2 Å². The van der Waals surface area contributed by atoms with Crippen LogP contribution >= 0.6 is 0 Å². The van der Waals surface area contributed by atoms with Gasteiger partial charge in [-0.3, -0.25) is 9.19 Å². The van der Waals surface area contributed by atoms with E-state index in [0.29, 0.717) is 5.75 Å². The zero-order valence-electron chi connectivity index (χ0n) is 9.92. The van der Waals surface area contributed by atoms with Crippen molar-refractivity contribution >= 4 is 21.7 Å². The maximum absolute atomic E-state index is 11.3. The van der Waals surface area contributed by atoms with E-state index in [0.717, 1.165) is 16.6 Å². The number of pyridine rings is 1. The Morgan fingerprint density at radius 3 is 2.76 bits per heavy atom.